The van der Waals surface area contributed by atoms with Gasteiger partial charge in [0.1, 0.15) is 17.0 Å². The molecule has 2 aromatic heterocycles. The molecular weight excluding hydrogens is 471 g/mol. The summed E-state index contributed by atoms with van der Waals surface area (Å²) in [6.07, 6.45) is 1.46. The number of sulfonamides is 1. The molecule has 164 valence electrons. The van der Waals surface area contributed by atoms with Gasteiger partial charge in [0.15, 0.2) is 0 Å². The third-order valence-electron chi connectivity index (χ3n) is 5.40. The SMILES string of the molecule is O=S(=O)(c1cccc(Cl)c1Cl)N1CCN(c2cc(-c3ccccc3)nc3ncnn23)CC1. The van der Waals surface area contributed by atoms with E-state index in [1.54, 1.807) is 16.6 Å². The van der Waals surface area contributed by atoms with E-state index in [0.717, 1.165) is 17.1 Å². The number of nitrogens with zero attached hydrogens (tertiary/aromatic N) is 6. The summed E-state index contributed by atoms with van der Waals surface area (Å²) in [6, 6.07) is 16.4. The second-order valence-electron chi connectivity index (χ2n) is 7.28. The molecule has 0 aliphatic carbocycles. The first-order valence-corrected chi connectivity index (χ1v) is 12.1. The lowest BCUT2D eigenvalue weighted by atomic mass is 10.1. The van der Waals surface area contributed by atoms with Crippen LogP contribution in [0.1, 0.15) is 0 Å². The van der Waals surface area contributed by atoms with Crippen LogP contribution in [0.5, 0.6) is 0 Å². The first-order chi connectivity index (χ1) is 15.4. The van der Waals surface area contributed by atoms with Crippen LogP contribution < -0.4 is 4.90 Å². The number of fused-ring (bicyclic) bond motifs is 1. The van der Waals surface area contributed by atoms with Crippen LogP contribution in [-0.4, -0.2) is 58.5 Å². The van der Waals surface area contributed by atoms with E-state index in [9.17, 15) is 8.42 Å². The minimum absolute atomic E-state index is 0.0223. The molecule has 2 aromatic carbocycles. The Hall–Kier alpha value is -2.72. The van der Waals surface area contributed by atoms with Crippen molar-refractivity contribution in [2.45, 2.75) is 4.90 Å². The molecule has 0 atom stereocenters. The van der Waals surface area contributed by atoms with Gasteiger partial charge in [-0.2, -0.15) is 18.9 Å². The Bertz CT molecular complexity index is 1390. The summed E-state index contributed by atoms with van der Waals surface area (Å²) >= 11 is 12.2. The van der Waals surface area contributed by atoms with Crippen molar-refractivity contribution in [1.82, 2.24) is 23.9 Å². The molecule has 0 unspecified atom stereocenters. The Morgan fingerprint density at radius 1 is 0.906 bits per heavy atom. The van der Waals surface area contributed by atoms with Crippen LogP contribution >= 0.6 is 23.2 Å². The minimum atomic E-state index is -3.76. The number of halogens is 2. The van der Waals surface area contributed by atoms with E-state index >= 15 is 0 Å². The van der Waals surface area contributed by atoms with Gasteiger partial charge < -0.3 is 4.90 Å². The third kappa shape index (κ3) is 3.71. The van der Waals surface area contributed by atoms with Gasteiger partial charge in [-0.1, -0.05) is 59.6 Å². The fourth-order valence-electron chi connectivity index (χ4n) is 3.76. The average Bonchev–Trinajstić information content (AvgIpc) is 3.29. The van der Waals surface area contributed by atoms with Crippen molar-refractivity contribution in [1.29, 1.82) is 0 Å². The molecule has 1 saturated heterocycles. The summed E-state index contributed by atoms with van der Waals surface area (Å²) in [5.74, 6) is 1.30. The van der Waals surface area contributed by atoms with Gasteiger partial charge >= 0.3 is 0 Å². The summed E-state index contributed by atoms with van der Waals surface area (Å²) in [5.41, 5.74) is 1.75. The molecular formula is C21H18Cl2N6O2S. The molecule has 3 heterocycles. The van der Waals surface area contributed by atoms with Gasteiger partial charge in [0, 0.05) is 37.8 Å². The summed E-state index contributed by atoms with van der Waals surface area (Å²) in [6.45, 7) is 1.55. The highest BCUT2D eigenvalue weighted by atomic mass is 35.5. The van der Waals surface area contributed by atoms with E-state index in [1.807, 2.05) is 36.4 Å². The number of piperazine rings is 1. The van der Waals surface area contributed by atoms with Crippen LogP contribution in [0.4, 0.5) is 5.82 Å². The molecule has 8 nitrogen and oxygen atoms in total. The van der Waals surface area contributed by atoms with Crippen LogP contribution in [0.3, 0.4) is 0 Å². The van der Waals surface area contributed by atoms with Crippen molar-refractivity contribution < 1.29 is 8.42 Å². The molecule has 0 radical (unpaired) electrons. The van der Waals surface area contributed by atoms with Gasteiger partial charge in [-0.05, 0) is 12.1 Å². The maximum Gasteiger partial charge on any atom is 0.254 e. The number of hydrogen-bond donors (Lipinski definition) is 0. The van der Waals surface area contributed by atoms with Gasteiger partial charge in [0.2, 0.25) is 10.0 Å². The predicted octanol–water partition coefficient (Wildman–Crippen LogP) is 3.61. The molecule has 1 fully saturated rings. The number of benzene rings is 2. The minimum Gasteiger partial charge on any atom is -0.354 e. The number of anilines is 1. The monoisotopic (exact) mass is 488 g/mol. The Labute approximate surface area is 195 Å². The predicted molar refractivity (Wildman–Crippen MR) is 124 cm³/mol. The summed E-state index contributed by atoms with van der Waals surface area (Å²) in [5, 5.41) is 4.56. The van der Waals surface area contributed by atoms with E-state index in [2.05, 4.69) is 20.0 Å². The Morgan fingerprint density at radius 3 is 2.41 bits per heavy atom. The lowest BCUT2D eigenvalue weighted by Crippen LogP contribution is -2.49. The highest BCUT2D eigenvalue weighted by Crippen LogP contribution is 2.32. The Balaban J connectivity index is 1.43. The largest absolute Gasteiger partial charge is 0.354 e. The Kier molecular flexibility index (Phi) is 5.50. The molecule has 11 heteroatoms. The molecule has 4 aromatic rings. The van der Waals surface area contributed by atoms with Gasteiger partial charge in [-0.25, -0.2) is 13.4 Å². The van der Waals surface area contributed by atoms with Crippen molar-refractivity contribution in [3.63, 3.8) is 0 Å². The van der Waals surface area contributed by atoms with Crippen molar-refractivity contribution >= 4 is 44.8 Å². The second-order valence-corrected chi connectivity index (χ2v) is 9.97. The molecule has 32 heavy (non-hydrogen) atoms. The highest BCUT2D eigenvalue weighted by Gasteiger charge is 2.31. The molecule has 0 saturated carbocycles. The molecule has 0 amide bonds. The lowest BCUT2D eigenvalue weighted by Gasteiger charge is -2.35. The fourth-order valence-corrected chi connectivity index (χ4v) is 5.92. The fraction of sp³-hybridized carbons (Fsp3) is 0.190. The quantitative estimate of drug-likeness (QED) is 0.436. The number of hydrogen-bond acceptors (Lipinski definition) is 6. The summed E-state index contributed by atoms with van der Waals surface area (Å²) in [4.78, 5) is 11.0. The van der Waals surface area contributed by atoms with E-state index in [-0.39, 0.29) is 14.9 Å². The number of aromatic nitrogens is 4. The molecule has 1 aliphatic rings. The van der Waals surface area contributed by atoms with Crippen molar-refractivity contribution in [2.75, 3.05) is 31.1 Å². The van der Waals surface area contributed by atoms with E-state index in [1.165, 1.54) is 16.7 Å². The van der Waals surface area contributed by atoms with Crippen LogP contribution in [-0.2, 0) is 10.0 Å². The van der Waals surface area contributed by atoms with Crippen LogP contribution in [0.2, 0.25) is 10.0 Å². The van der Waals surface area contributed by atoms with Crippen molar-refractivity contribution in [3.05, 3.63) is 71.0 Å². The smallest absolute Gasteiger partial charge is 0.254 e. The van der Waals surface area contributed by atoms with Gasteiger partial charge in [-0.15, -0.1) is 0 Å². The summed E-state index contributed by atoms with van der Waals surface area (Å²) in [7, 11) is -3.76. The zero-order valence-electron chi connectivity index (χ0n) is 16.8. The van der Waals surface area contributed by atoms with Crippen LogP contribution in [0, 0.1) is 0 Å². The normalized spacial score (nSPS) is 15.4. The summed E-state index contributed by atoms with van der Waals surface area (Å²) < 4.78 is 29.4. The average molecular weight is 489 g/mol. The van der Waals surface area contributed by atoms with Crippen molar-refractivity contribution in [2.24, 2.45) is 0 Å². The van der Waals surface area contributed by atoms with Crippen LogP contribution in [0.25, 0.3) is 17.0 Å². The van der Waals surface area contributed by atoms with Gasteiger partial charge in [-0.3, -0.25) is 0 Å². The number of rotatable bonds is 4. The van der Waals surface area contributed by atoms with Crippen LogP contribution in [0.15, 0.2) is 65.8 Å². The molecule has 1 aliphatic heterocycles. The van der Waals surface area contributed by atoms with Crippen molar-refractivity contribution in [3.8, 4) is 11.3 Å². The van der Waals surface area contributed by atoms with E-state index < -0.39 is 10.0 Å². The van der Waals surface area contributed by atoms with E-state index in [4.69, 9.17) is 23.2 Å². The molecule has 0 bridgehead atoms. The lowest BCUT2D eigenvalue weighted by molar-refractivity contribution is 0.383. The Morgan fingerprint density at radius 2 is 1.66 bits per heavy atom. The van der Waals surface area contributed by atoms with E-state index in [0.29, 0.717) is 32.0 Å². The standard InChI is InChI=1S/C21H18Cl2N6O2S/c22-16-7-4-8-18(20(16)23)32(30,31)28-11-9-27(10-12-28)19-13-17(15-5-2-1-3-6-15)26-21-24-14-25-29(19)21/h1-8,13-14H,9-12H2. The first-order valence-electron chi connectivity index (χ1n) is 9.90. The maximum absolute atomic E-state index is 13.1. The zero-order valence-corrected chi connectivity index (χ0v) is 19.1. The molecule has 0 spiro atoms. The first kappa shape index (κ1) is 21.1. The van der Waals surface area contributed by atoms with Gasteiger partial charge in [0.05, 0.1) is 15.7 Å². The van der Waals surface area contributed by atoms with Gasteiger partial charge in [0.25, 0.3) is 5.78 Å². The molecule has 5 rings (SSSR count). The molecule has 0 N–H and O–H groups in total. The second kappa shape index (κ2) is 8.32. The highest BCUT2D eigenvalue weighted by molar-refractivity contribution is 7.89. The zero-order chi connectivity index (χ0) is 22.3. The topological polar surface area (TPSA) is 83.7 Å². The maximum atomic E-state index is 13.1. The third-order valence-corrected chi connectivity index (χ3v) is 8.27.